The van der Waals surface area contributed by atoms with E-state index < -0.39 is 0 Å². The highest BCUT2D eigenvalue weighted by molar-refractivity contribution is 5.79. The van der Waals surface area contributed by atoms with Gasteiger partial charge < -0.3 is 19.7 Å². The lowest BCUT2D eigenvalue weighted by molar-refractivity contribution is 0.0377. The zero-order chi connectivity index (χ0) is 16.3. The van der Waals surface area contributed by atoms with Gasteiger partial charge in [0.1, 0.15) is 0 Å². The van der Waals surface area contributed by atoms with Crippen molar-refractivity contribution < 1.29 is 9.47 Å². The summed E-state index contributed by atoms with van der Waals surface area (Å²) in [6.07, 6.45) is 3.80. The number of morpholine rings is 1. The highest BCUT2D eigenvalue weighted by Gasteiger charge is 2.21. The van der Waals surface area contributed by atoms with Gasteiger partial charge in [-0.1, -0.05) is 0 Å². The molecule has 6 nitrogen and oxygen atoms in total. The van der Waals surface area contributed by atoms with E-state index in [1.807, 2.05) is 0 Å². The van der Waals surface area contributed by atoms with Crippen LogP contribution >= 0.6 is 0 Å². The molecule has 1 aliphatic carbocycles. The summed E-state index contributed by atoms with van der Waals surface area (Å²) >= 11 is 0. The molecule has 0 unspecified atom stereocenters. The van der Waals surface area contributed by atoms with E-state index in [9.17, 15) is 0 Å². The SMILES string of the molecule is CCNC(=NCCCN1CCOCC1)N(C)CCOCC1CC1. The molecule has 23 heavy (non-hydrogen) atoms. The third-order valence-corrected chi connectivity index (χ3v) is 4.32. The number of aliphatic imine (C=N–C) groups is 1. The molecule has 2 aliphatic rings. The van der Waals surface area contributed by atoms with E-state index in [2.05, 4.69) is 29.1 Å². The van der Waals surface area contributed by atoms with Crippen molar-refractivity contribution >= 4 is 5.96 Å². The fraction of sp³-hybridized carbons (Fsp3) is 0.941. The second kappa shape index (κ2) is 10.8. The van der Waals surface area contributed by atoms with Crippen LogP contribution in [0.4, 0.5) is 0 Å². The summed E-state index contributed by atoms with van der Waals surface area (Å²) in [7, 11) is 2.09. The van der Waals surface area contributed by atoms with E-state index in [0.29, 0.717) is 0 Å². The predicted octanol–water partition coefficient (Wildman–Crippen LogP) is 1.03. The summed E-state index contributed by atoms with van der Waals surface area (Å²) in [5, 5.41) is 3.37. The molecule has 1 saturated heterocycles. The summed E-state index contributed by atoms with van der Waals surface area (Å²) in [6, 6.07) is 0. The van der Waals surface area contributed by atoms with Gasteiger partial charge in [-0.05, 0) is 32.1 Å². The van der Waals surface area contributed by atoms with E-state index in [1.165, 1.54) is 12.8 Å². The first-order chi connectivity index (χ1) is 11.3. The van der Waals surface area contributed by atoms with Crippen molar-refractivity contribution in [2.45, 2.75) is 26.2 Å². The maximum atomic E-state index is 5.72. The van der Waals surface area contributed by atoms with Gasteiger partial charge in [-0.15, -0.1) is 0 Å². The van der Waals surface area contributed by atoms with E-state index >= 15 is 0 Å². The molecule has 1 N–H and O–H groups in total. The Morgan fingerprint density at radius 1 is 1.35 bits per heavy atom. The molecule has 0 atom stereocenters. The van der Waals surface area contributed by atoms with Crippen LogP contribution < -0.4 is 5.32 Å². The molecule has 2 fully saturated rings. The van der Waals surface area contributed by atoms with E-state index in [4.69, 9.17) is 14.5 Å². The first kappa shape index (κ1) is 18.5. The molecule has 0 aromatic carbocycles. The van der Waals surface area contributed by atoms with Gasteiger partial charge in [0.25, 0.3) is 0 Å². The Balaban J connectivity index is 1.60. The van der Waals surface area contributed by atoms with Crippen LogP contribution in [-0.2, 0) is 9.47 Å². The Labute approximate surface area is 141 Å². The summed E-state index contributed by atoms with van der Waals surface area (Å²) in [6.45, 7) is 11.5. The number of hydrogen-bond donors (Lipinski definition) is 1. The van der Waals surface area contributed by atoms with Gasteiger partial charge in [-0.3, -0.25) is 9.89 Å². The van der Waals surface area contributed by atoms with E-state index in [0.717, 1.165) is 84.0 Å². The fourth-order valence-electron chi connectivity index (χ4n) is 2.62. The second-order valence-electron chi connectivity index (χ2n) is 6.48. The summed E-state index contributed by atoms with van der Waals surface area (Å²) in [5.41, 5.74) is 0. The third kappa shape index (κ3) is 7.99. The smallest absolute Gasteiger partial charge is 0.193 e. The van der Waals surface area contributed by atoms with Crippen molar-refractivity contribution in [2.75, 3.05) is 72.7 Å². The highest BCUT2D eigenvalue weighted by Crippen LogP contribution is 2.28. The zero-order valence-electron chi connectivity index (χ0n) is 14.9. The van der Waals surface area contributed by atoms with Gasteiger partial charge in [-0.2, -0.15) is 0 Å². The predicted molar refractivity (Wildman–Crippen MR) is 94.0 cm³/mol. The van der Waals surface area contributed by atoms with Crippen LogP contribution in [0.1, 0.15) is 26.2 Å². The average Bonchev–Trinajstić information content (AvgIpc) is 3.39. The largest absolute Gasteiger partial charge is 0.379 e. The Kier molecular flexibility index (Phi) is 8.71. The second-order valence-corrected chi connectivity index (χ2v) is 6.48. The van der Waals surface area contributed by atoms with Crippen molar-refractivity contribution in [2.24, 2.45) is 10.9 Å². The molecule has 6 heteroatoms. The van der Waals surface area contributed by atoms with E-state index in [-0.39, 0.29) is 0 Å². The summed E-state index contributed by atoms with van der Waals surface area (Å²) in [5.74, 6) is 1.83. The lowest BCUT2D eigenvalue weighted by Crippen LogP contribution is -2.41. The van der Waals surface area contributed by atoms with Gasteiger partial charge in [-0.25, -0.2) is 0 Å². The molecule has 0 aromatic heterocycles. The zero-order valence-corrected chi connectivity index (χ0v) is 14.9. The van der Waals surface area contributed by atoms with Crippen LogP contribution in [0.2, 0.25) is 0 Å². The number of nitrogens with zero attached hydrogens (tertiary/aromatic N) is 3. The quantitative estimate of drug-likeness (QED) is 0.369. The Hall–Kier alpha value is -0.850. The van der Waals surface area contributed by atoms with Crippen molar-refractivity contribution in [3.8, 4) is 0 Å². The average molecular weight is 326 g/mol. The number of guanidine groups is 1. The molecule has 0 aromatic rings. The molecule has 0 spiro atoms. The number of nitrogens with one attached hydrogen (secondary N) is 1. The van der Waals surface area contributed by atoms with Crippen molar-refractivity contribution in [1.29, 1.82) is 0 Å². The molecule has 1 aliphatic heterocycles. The molecular weight excluding hydrogens is 292 g/mol. The molecule has 134 valence electrons. The van der Waals surface area contributed by atoms with Crippen LogP contribution in [-0.4, -0.2) is 88.5 Å². The molecule has 0 amide bonds. The van der Waals surface area contributed by atoms with Crippen LogP contribution in [0, 0.1) is 5.92 Å². The Morgan fingerprint density at radius 3 is 2.83 bits per heavy atom. The minimum Gasteiger partial charge on any atom is -0.379 e. The normalized spacial score (nSPS) is 19.8. The molecule has 1 saturated carbocycles. The van der Waals surface area contributed by atoms with Crippen LogP contribution in [0.3, 0.4) is 0 Å². The Morgan fingerprint density at radius 2 is 2.13 bits per heavy atom. The van der Waals surface area contributed by atoms with Crippen molar-refractivity contribution in [3.63, 3.8) is 0 Å². The number of rotatable bonds is 10. The molecule has 0 radical (unpaired) electrons. The third-order valence-electron chi connectivity index (χ3n) is 4.32. The number of likely N-dealkylation sites (N-methyl/N-ethyl adjacent to an activating group) is 1. The number of ether oxygens (including phenoxy) is 2. The number of hydrogen-bond acceptors (Lipinski definition) is 4. The van der Waals surface area contributed by atoms with Gasteiger partial charge >= 0.3 is 0 Å². The standard InChI is InChI=1S/C17H34N4O2/c1-3-18-17(20(2)9-12-23-15-16-5-6-16)19-7-4-8-21-10-13-22-14-11-21/h16H,3-15H2,1-2H3,(H,18,19). The highest BCUT2D eigenvalue weighted by atomic mass is 16.5. The minimum absolute atomic E-state index is 0.783. The lowest BCUT2D eigenvalue weighted by atomic mass is 10.3. The molecule has 2 rings (SSSR count). The fourth-order valence-corrected chi connectivity index (χ4v) is 2.62. The topological polar surface area (TPSA) is 49.3 Å². The molecule has 0 bridgehead atoms. The van der Waals surface area contributed by atoms with Crippen LogP contribution in [0.25, 0.3) is 0 Å². The molecular formula is C17H34N4O2. The van der Waals surface area contributed by atoms with Gasteiger partial charge in [0.2, 0.25) is 0 Å². The van der Waals surface area contributed by atoms with Crippen molar-refractivity contribution in [1.82, 2.24) is 15.1 Å². The first-order valence-corrected chi connectivity index (χ1v) is 9.17. The maximum Gasteiger partial charge on any atom is 0.193 e. The van der Waals surface area contributed by atoms with Crippen LogP contribution in [0.15, 0.2) is 4.99 Å². The van der Waals surface area contributed by atoms with Gasteiger partial charge in [0.05, 0.1) is 19.8 Å². The minimum atomic E-state index is 0.783. The maximum absolute atomic E-state index is 5.72. The van der Waals surface area contributed by atoms with Gasteiger partial charge in [0.15, 0.2) is 5.96 Å². The monoisotopic (exact) mass is 326 g/mol. The summed E-state index contributed by atoms with van der Waals surface area (Å²) in [4.78, 5) is 9.37. The van der Waals surface area contributed by atoms with Crippen LogP contribution in [0.5, 0.6) is 0 Å². The Bertz CT molecular complexity index is 341. The lowest BCUT2D eigenvalue weighted by Gasteiger charge is -2.26. The first-order valence-electron chi connectivity index (χ1n) is 9.17. The van der Waals surface area contributed by atoms with Gasteiger partial charge in [0, 0.05) is 52.9 Å². The molecule has 1 heterocycles. The van der Waals surface area contributed by atoms with E-state index in [1.54, 1.807) is 0 Å². The van der Waals surface area contributed by atoms with Crippen molar-refractivity contribution in [3.05, 3.63) is 0 Å². The summed E-state index contributed by atoms with van der Waals surface area (Å²) < 4.78 is 11.1.